The number of aromatic nitrogens is 1. The molecule has 3 heteroatoms. The Balaban J connectivity index is 2.28. The second kappa shape index (κ2) is 7.23. The molecular weight excluding hydrogens is 260 g/mol. The number of rotatable bonds is 6. The van der Waals surface area contributed by atoms with Gasteiger partial charge in [-0.1, -0.05) is 25.5 Å². The lowest BCUT2D eigenvalue weighted by molar-refractivity contribution is 0.637. The minimum atomic E-state index is 0.111. The van der Waals surface area contributed by atoms with Crippen molar-refractivity contribution in [1.29, 1.82) is 0 Å². The number of pyridine rings is 1. The predicted molar refractivity (Wildman–Crippen MR) is 88.1 cm³/mol. The number of nitrogens with zero attached hydrogens (tertiary/aromatic N) is 1. The van der Waals surface area contributed by atoms with Crippen LogP contribution in [0.3, 0.4) is 0 Å². The summed E-state index contributed by atoms with van der Waals surface area (Å²) in [7, 11) is 0. The normalized spacial score (nSPS) is 10.8. The van der Waals surface area contributed by atoms with Crippen molar-refractivity contribution in [2.45, 2.75) is 40.2 Å². The molecule has 0 aliphatic rings. The Morgan fingerprint density at radius 2 is 2.00 bits per heavy atom. The smallest absolute Gasteiger partial charge is 0.186 e. The lowest BCUT2D eigenvalue weighted by atomic mass is 10.2. The highest BCUT2D eigenvalue weighted by molar-refractivity contribution is 5.38. The fourth-order valence-electron chi connectivity index (χ4n) is 2.39. The predicted octanol–water partition coefficient (Wildman–Crippen LogP) is 3.34. The molecule has 1 aromatic heterocycles. The van der Waals surface area contributed by atoms with E-state index in [4.69, 9.17) is 0 Å². The van der Waals surface area contributed by atoms with Crippen LogP contribution < -0.4 is 10.7 Å². The SMILES string of the molecule is CCCCNCc1cn(-c2cccc(C)c2)c(C)cc1=O. The van der Waals surface area contributed by atoms with E-state index < -0.39 is 0 Å². The van der Waals surface area contributed by atoms with E-state index in [-0.39, 0.29) is 5.43 Å². The molecular formula is C18H24N2O. The highest BCUT2D eigenvalue weighted by atomic mass is 16.1. The van der Waals surface area contributed by atoms with Gasteiger partial charge in [0.05, 0.1) is 0 Å². The number of benzene rings is 1. The molecule has 0 amide bonds. The van der Waals surface area contributed by atoms with Gasteiger partial charge in [0.1, 0.15) is 0 Å². The van der Waals surface area contributed by atoms with E-state index in [9.17, 15) is 4.79 Å². The van der Waals surface area contributed by atoms with Crippen LogP contribution in [0.5, 0.6) is 0 Å². The van der Waals surface area contributed by atoms with E-state index in [2.05, 4.69) is 41.9 Å². The van der Waals surface area contributed by atoms with E-state index in [1.54, 1.807) is 6.07 Å². The molecule has 2 aromatic rings. The summed E-state index contributed by atoms with van der Waals surface area (Å²) >= 11 is 0. The Morgan fingerprint density at radius 1 is 1.19 bits per heavy atom. The molecule has 1 heterocycles. The fourth-order valence-corrected chi connectivity index (χ4v) is 2.39. The maximum Gasteiger partial charge on any atom is 0.186 e. The van der Waals surface area contributed by atoms with Crippen LogP contribution in [0.2, 0.25) is 0 Å². The molecule has 1 N–H and O–H groups in total. The van der Waals surface area contributed by atoms with Gasteiger partial charge >= 0.3 is 0 Å². The molecule has 0 fully saturated rings. The van der Waals surface area contributed by atoms with Crippen molar-refractivity contribution in [3.8, 4) is 5.69 Å². The van der Waals surface area contributed by atoms with Crippen molar-refractivity contribution >= 4 is 0 Å². The number of nitrogens with one attached hydrogen (secondary N) is 1. The summed E-state index contributed by atoms with van der Waals surface area (Å²) in [6.07, 6.45) is 4.26. The van der Waals surface area contributed by atoms with Crippen LogP contribution >= 0.6 is 0 Å². The monoisotopic (exact) mass is 284 g/mol. The summed E-state index contributed by atoms with van der Waals surface area (Å²) in [5.41, 5.74) is 4.21. The molecule has 0 atom stereocenters. The molecule has 0 unspecified atom stereocenters. The molecule has 0 bridgehead atoms. The van der Waals surface area contributed by atoms with Crippen molar-refractivity contribution in [2.75, 3.05) is 6.54 Å². The van der Waals surface area contributed by atoms with Gasteiger partial charge in [-0.05, 0) is 44.5 Å². The zero-order valence-corrected chi connectivity index (χ0v) is 13.1. The first-order chi connectivity index (χ1) is 10.1. The second-order valence-corrected chi connectivity index (χ2v) is 5.54. The number of hydrogen-bond donors (Lipinski definition) is 1. The van der Waals surface area contributed by atoms with Crippen LogP contribution in [0.15, 0.2) is 41.3 Å². The highest BCUT2D eigenvalue weighted by Crippen LogP contribution is 2.12. The van der Waals surface area contributed by atoms with Gasteiger partial charge in [0, 0.05) is 35.8 Å². The third-order valence-corrected chi connectivity index (χ3v) is 3.62. The lowest BCUT2D eigenvalue weighted by Gasteiger charge is -2.13. The molecule has 0 saturated heterocycles. The zero-order chi connectivity index (χ0) is 15.2. The topological polar surface area (TPSA) is 34.0 Å². The largest absolute Gasteiger partial charge is 0.321 e. The third-order valence-electron chi connectivity index (χ3n) is 3.62. The minimum Gasteiger partial charge on any atom is -0.321 e. The van der Waals surface area contributed by atoms with Crippen LogP contribution in [0.25, 0.3) is 5.69 Å². The zero-order valence-electron chi connectivity index (χ0n) is 13.1. The molecule has 0 spiro atoms. The molecule has 0 saturated carbocycles. The summed E-state index contributed by atoms with van der Waals surface area (Å²) in [6, 6.07) is 10.0. The first kappa shape index (κ1) is 15.5. The highest BCUT2D eigenvalue weighted by Gasteiger charge is 2.05. The van der Waals surface area contributed by atoms with Crippen molar-refractivity contribution in [3.63, 3.8) is 0 Å². The minimum absolute atomic E-state index is 0.111. The molecule has 2 rings (SSSR count). The Morgan fingerprint density at radius 3 is 2.71 bits per heavy atom. The average molecular weight is 284 g/mol. The van der Waals surface area contributed by atoms with E-state index >= 15 is 0 Å². The summed E-state index contributed by atoms with van der Waals surface area (Å²) < 4.78 is 2.09. The van der Waals surface area contributed by atoms with E-state index in [1.807, 2.05) is 19.2 Å². The number of hydrogen-bond acceptors (Lipinski definition) is 2. The lowest BCUT2D eigenvalue weighted by Crippen LogP contribution is -2.22. The second-order valence-electron chi connectivity index (χ2n) is 5.54. The summed E-state index contributed by atoms with van der Waals surface area (Å²) in [6.45, 7) is 7.80. The molecule has 0 radical (unpaired) electrons. The standard InChI is InChI=1S/C18H24N2O/c1-4-5-9-19-12-16-13-20(15(3)11-18(16)21)17-8-6-7-14(2)10-17/h6-8,10-11,13,19H,4-5,9,12H2,1-3H3. The van der Waals surface area contributed by atoms with Crippen LogP contribution in [0.4, 0.5) is 0 Å². The van der Waals surface area contributed by atoms with Crippen molar-refractivity contribution in [1.82, 2.24) is 9.88 Å². The van der Waals surface area contributed by atoms with Gasteiger partial charge in [-0.3, -0.25) is 4.79 Å². The van der Waals surface area contributed by atoms with Crippen LogP contribution in [0, 0.1) is 13.8 Å². The fraction of sp³-hybridized carbons (Fsp3) is 0.389. The van der Waals surface area contributed by atoms with Crippen LogP contribution in [-0.4, -0.2) is 11.1 Å². The molecule has 0 aliphatic carbocycles. The molecule has 1 aromatic carbocycles. The third kappa shape index (κ3) is 4.05. The Labute approximate surface area is 126 Å². The van der Waals surface area contributed by atoms with Gasteiger partial charge in [-0.25, -0.2) is 0 Å². The Bertz CT molecular complexity index is 659. The number of unbranched alkanes of at least 4 members (excludes halogenated alkanes) is 1. The van der Waals surface area contributed by atoms with E-state index in [1.165, 1.54) is 5.56 Å². The van der Waals surface area contributed by atoms with Crippen LogP contribution in [-0.2, 0) is 6.54 Å². The average Bonchev–Trinajstić information content (AvgIpc) is 2.45. The quantitative estimate of drug-likeness (QED) is 0.825. The Kier molecular flexibility index (Phi) is 5.34. The summed E-state index contributed by atoms with van der Waals surface area (Å²) in [5.74, 6) is 0. The first-order valence-corrected chi connectivity index (χ1v) is 7.61. The maximum absolute atomic E-state index is 12.1. The van der Waals surface area contributed by atoms with Gasteiger partial charge in [-0.15, -0.1) is 0 Å². The van der Waals surface area contributed by atoms with Gasteiger partial charge in [0.25, 0.3) is 0 Å². The van der Waals surface area contributed by atoms with Gasteiger partial charge in [-0.2, -0.15) is 0 Å². The molecule has 112 valence electrons. The van der Waals surface area contributed by atoms with E-state index in [0.29, 0.717) is 6.54 Å². The summed E-state index contributed by atoms with van der Waals surface area (Å²) in [4.78, 5) is 12.1. The number of aryl methyl sites for hydroxylation is 2. The molecule has 3 nitrogen and oxygen atoms in total. The molecule has 0 aliphatic heterocycles. The summed E-state index contributed by atoms with van der Waals surface area (Å²) in [5, 5.41) is 3.34. The van der Waals surface area contributed by atoms with Crippen molar-refractivity contribution in [2.24, 2.45) is 0 Å². The van der Waals surface area contributed by atoms with E-state index in [0.717, 1.165) is 36.3 Å². The van der Waals surface area contributed by atoms with Gasteiger partial charge in [0.2, 0.25) is 0 Å². The molecule has 21 heavy (non-hydrogen) atoms. The Hall–Kier alpha value is -1.87. The maximum atomic E-state index is 12.1. The van der Waals surface area contributed by atoms with Gasteiger partial charge in [0.15, 0.2) is 5.43 Å². The first-order valence-electron chi connectivity index (χ1n) is 7.61. The van der Waals surface area contributed by atoms with Crippen LogP contribution in [0.1, 0.15) is 36.6 Å². The van der Waals surface area contributed by atoms with Crippen molar-refractivity contribution < 1.29 is 0 Å². The van der Waals surface area contributed by atoms with Gasteiger partial charge < -0.3 is 9.88 Å². The van der Waals surface area contributed by atoms with Crippen molar-refractivity contribution in [3.05, 3.63) is 63.6 Å².